The average Bonchev–Trinajstić information content (AvgIpc) is 3.44. The number of hydrogen-bond acceptors (Lipinski definition) is 5. The minimum atomic E-state index is -0.582. The summed E-state index contributed by atoms with van der Waals surface area (Å²) in [6.45, 7) is 0. The Hall–Kier alpha value is -1.86. The van der Waals surface area contributed by atoms with Crippen LogP contribution in [-0.4, -0.2) is 33.9 Å². The van der Waals surface area contributed by atoms with Gasteiger partial charge in [0.1, 0.15) is 10.5 Å². The molecule has 3 fully saturated rings. The summed E-state index contributed by atoms with van der Waals surface area (Å²) in [6.07, 6.45) is 8.15. The quantitative estimate of drug-likeness (QED) is 0.315. The first-order chi connectivity index (χ1) is 14.0. The maximum atomic E-state index is 14.8. The lowest BCUT2D eigenvalue weighted by atomic mass is 9.78. The standard InChI is InChI=1S/C21H21ClFN3O2S/c1-28-15(27)6-5-12-8-13-19(26(12)18-10-3-4-11(18)7-10)14-9-24-20(22)16(23)17(14)25-21(13)29-2/h8-11,18H,3-7H2,1-2H3. The van der Waals surface area contributed by atoms with E-state index in [4.69, 9.17) is 16.3 Å². The number of rotatable bonds is 5. The number of esters is 1. The third kappa shape index (κ3) is 2.85. The van der Waals surface area contributed by atoms with Crippen molar-refractivity contribution in [3.63, 3.8) is 0 Å². The van der Waals surface area contributed by atoms with Gasteiger partial charge in [-0.1, -0.05) is 11.6 Å². The Kier molecular flexibility index (Phi) is 4.70. The molecule has 3 aromatic heterocycles. The molecule has 3 saturated carbocycles. The number of methoxy groups -OCH3 is 1. The number of halogens is 2. The molecule has 0 radical (unpaired) electrons. The molecule has 0 N–H and O–H groups in total. The highest BCUT2D eigenvalue weighted by Gasteiger charge is 2.48. The van der Waals surface area contributed by atoms with E-state index in [1.165, 1.54) is 38.1 Å². The lowest BCUT2D eigenvalue weighted by Crippen LogP contribution is -2.32. The smallest absolute Gasteiger partial charge is 0.305 e. The van der Waals surface area contributed by atoms with Gasteiger partial charge in [0.05, 0.1) is 19.0 Å². The Balaban J connectivity index is 1.79. The first-order valence-corrected chi connectivity index (χ1v) is 11.4. The third-order valence-electron chi connectivity index (χ3n) is 6.55. The first-order valence-electron chi connectivity index (χ1n) is 9.81. The van der Waals surface area contributed by atoms with Crippen molar-refractivity contribution in [3.05, 3.63) is 28.9 Å². The molecule has 2 unspecified atom stereocenters. The van der Waals surface area contributed by atoms with E-state index in [0.29, 0.717) is 36.1 Å². The minimum Gasteiger partial charge on any atom is -0.469 e. The van der Waals surface area contributed by atoms with E-state index in [-0.39, 0.29) is 16.6 Å². The highest BCUT2D eigenvalue weighted by atomic mass is 35.5. The van der Waals surface area contributed by atoms with Gasteiger partial charge in [0.2, 0.25) is 0 Å². The van der Waals surface area contributed by atoms with E-state index >= 15 is 0 Å². The zero-order valence-corrected chi connectivity index (χ0v) is 17.8. The molecule has 6 rings (SSSR count). The molecular weight excluding hydrogens is 413 g/mol. The fraction of sp³-hybridized carbons (Fsp3) is 0.476. The molecule has 0 spiro atoms. The summed E-state index contributed by atoms with van der Waals surface area (Å²) >= 11 is 7.43. The molecule has 8 heteroatoms. The Labute approximate surface area is 177 Å². The van der Waals surface area contributed by atoms with Crippen LogP contribution < -0.4 is 0 Å². The Bertz CT molecular complexity index is 1130. The largest absolute Gasteiger partial charge is 0.469 e. The Morgan fingerprint density at radius 2 is 2.14 bits per heavy atom. The number of fused-ring (bicyclic) bond motifs is 4. The van der Waals surface area contributed by atoms with Crippen LogP contribution in [0.2, 0.25) is 5.15 Å². The zero-order chi connectivity index (χ0) is 20.3. The molecule has 0 aromatic carbocycles. The van der Waals surface area contributed by atoms with Crippen molar-refractivity contribution in [1.82, 2.24) is 14.5 Å². The van der Waals surface area contributed by atoms with Crippen molar-refractivity contribution in [2.24, 2.45) is 11.8 Å². The molecule has 29 heavy (non-hydrogen) atoms. The molecule has 0 aliphatic heterocycles. The van der Waals surface area contributed by atoms with E-state index in [9.17, 15) is 9.18 Å². The second kappa shape index (κ2) is 7.13. The third-order valence-corrected chi connectivity index (χ3v) is 7.51. The second-order valence-corrected chi connectivity index (χ2v) is 9.07. The maximum Gasteiger partial charge on any atom is 0.305 e. The Morgan fingerprint density at radius 3 is 2.79 bits per heavy atom. The molecule has 152 valence electrons. The fourth-order valence-electron chi connectivity index (χ4n) is 5.22. The van der Waals surface area contributed by atoms with Crippen LogP contribution in [0, 0.1) is 17.7 Å². The summed E-state index contributed by atoms with van der Waals surface area (Å²) in [4.78, 5) is 20.4. The number of aromatic nitrogens is 3. The van der Waals surface area contributed by atoms with Crippen LogP contribution in [-0.2, 0) is 16.0 Å². The SMILES string of the molecule is COC(=O)CCc1cc2c(SC)nc3c(F)c(Cl)ncc3c2n1C1C2CCC1C2. The molecule has 2 atom stereocenters. The number of aryl methyl sites for hydroxylation is 1. The lowest BCUT2D eigenvalue weighted by Gasteiger charge is -2.39. The van der Waals surface area contributed by atoms with E-state index in [2.05, 4.69) is 20.6 Å². The van der Waals surface area contributed by atoms with Crippen LogP contribution >= 0.6 is 23.4 Å². The molecule has 5 nitrogen and oxygen atoms in total. The molecular formula is C21H21ClFN3O2S. The van der Waals surface area contributed by atoms with Crippen LogP contribution in [0.5, 0.6) is 0 Å². The highest BCUT2D eigenvalue weighted by molar-refractivity contribution is 7.98. The predicted octanol–water partition coefficient (Wildman–Crippen LogP) is 5.18. The number of pyridine rings is 2. The van der Waals surface area contributed by atoms with Gasteiger partial charge in [-0.3, -0.25) is 4.79 Å². The van der Waals surface area contributed by atoms with Gasteiger partial charge < -0.3 is 9.30 Å². The van der Waals surface area contributed by atoms with Gasteiger partial charge in [0.15, 0.2) is 11.0 Å². The van der Waals surface area contributed by atoms with E-state index in [1.807, 2.05) is 6.26 Å². The molecule has 3 aromatic rings. The van der Waals surface area contributed by atoms with E-state index in [0.717, 1.165) is 21.6 Å². The van der Waals surface area contributed by atoms with Crippen molar-refractivity contribution in [3.8, 4) is 0 Å². The molecule has 3 heterocycles. The van der Waals surface area contributed by atoms with Crippen molar-refractivity contribution in [1.29, 1.82) is 0 Å². The van der Waals surface area contributed by atoms with Crippen molar-refractivity contribution < 1.29 is 13.9 Å². The number of nitrogens with zero attached hydrogens (tertiary/aromatic N) is 3. The highest BCUT2D eigenvalue weighted by Crippen LogP contribution is 2.58. The van der Waals surface area contributed by atoms with Gasteiger partial charge in [0, 0.05) is 28.7 Å². The number of thioether (sulfide) groups is 1. The first kappa shape index (κ1) is 19.1. The van der Waals surface area contributed by atoms with Crippen LogP contribution in [0.15, 0.2) is 17.3 Å². The molecule has 2 bridgehead atoms. The van der Waals surface area contributed by atoms with Crippen molar-refractivity contribution in [2.75, 3.05) is 13.4 Å². The van der Waals surface area contributed by atoms with Gasteiger partial charge in [-0.05, 0) is 49.8 Å². The number of ether oxygens (including phenoxy) is 1. The molecule has 0 saturated heterocycles. The van der Waals surface area contributed by atoms with Crippen LogP contribution in [0.1, 0.15) is 37.4 Å². The van der Waals surface area contributed by atoms with Gasteiger partial charge in [-0.2, -0.15) is 0 Å². The second-order valence-electron chi connectivity index (χ2n) is 7.91. The summed E-state index contributed by atoms with van der Waals surface area (Å²) in [5, 5.41) is 2.26. The predicted molar refractivity (Wildman–Crippen MR) is 112 cm³/mol. The zero-order valence-electron chi connectivity index (χ0n) is 16.2. The van der Waals surface area contributed by atoms with Crippen molar-refractivity contribution >= 4 is 51.1 Å². The molecule has 0 amide bonds. The Morgan fingerprint density at radius 1 is 1.38 bits per heavy atom. The van der Waals surface area contributed by atoms with Gasteiger partial charge >= 0.3 is 5.97 Å². The number of hydrogen-bond donors (Lipinski definition) is 0. The summed E-state index contributed by atoms with van der Waals surface area (Å²) in [5.74, 6) is 0.463. The van der Waals surface area contributed by atoms with Crippen LogP contribution in [0.3, 0.4) is 0 Å². The van der Waals surface area contributed by atoms with Gasteiger partial charge in [0.25, 0.3) is 0 Å². The fourth-order valence-corrected chi connectivity index (χ4v) is 5.92. The topological polar surface area (TPSA) is 57.0 Å². The van der Waals surface area contributed by atoms with Gasteiger partial charge in [-0.25, -0.2) is 14.4 Å². The monoisotopic (exact) mass is 433 g/mol. The summed E-state index contributed by atoms with van der Waals surface area (Å²) in [6, 6.07) is 2.50. The molecule has 3 aliphatic carbocycles. The summed E-state index contributed by atoms with van der Waals surface area (Å²) < 4.78 is 22.0. The maximum absolute atomic E-state index is 14.8. The number of carbonyl (C=O) groups excluding carboxylic acids is 1. The van der Waals surface area contributed by atoms with Crippen LogP contribution in [0.25, 0.3) is 21.8 Å². The normalized spacial score (nSPS) is 23.0. The summed E-state index contributed by atoms with van der Waals surface area (Å²) in [7, 11) is 1.41. The number of carbonyl (C=O) groups is 1. The average molecular weight is 434 g/mol. The summed E-state index contributed by atoms with van der Waals surface area (Å²) in [5.41, 5.74) is 2.29. The minimum absolute atomic E-state index is 0.163. The molecule has 3 aliphatic rings. The van der Waals surface area contributed by atoms with Crippen LogP contribution in [0.4, 0.5) is 4.39 Å². The van der Waals surface area contributed by atoms with Crippen molar-refractivity contribution in [2.45, 2.75) is 43.2 Å². The van der Waals surface area contributed by atoms with E-state index in [1.54, 1.807) is 6.20 Å². The van der Waals surface area contributed by atoms with E-state index < -0.39 is 5.82 Å². The van der Waals surface area contributed by atoms with Gasteiger partial charge in [-0.15, -0.1) is 11.8 Å². The lowest BCUT2D eigenvalue weighted by molar-refractivity contribution is -0.140.